The highest BCUT2D eigenvalue weighted by Gasteiger charge is 2.12. The topological polar surface area (TPSA) is 104 Å². The van der Waals surface area contributed by atoms with Gasteiger partial charge in [-0.2, -0.15) is 0 Å². The van der Waals surface area contributed by atoms with Crippen molar-refractivity contribution in [3.8, 4) is 0 Å². The number of hydrogen-bond acceptors (Lipinski definition) is 5. The quantitative estimate of drug-likeness (QED) is 0.714. The van der Waals surface area contributed by atoms with E-state index in [2.05, 4.69) is 34.7 Å². The molecule has 0 aliphatic rings. The Bertz CT molecular complexity index is 461. The Morgan fingerprint density at radius 2 is 2.00 bits per heavy atom. The molecule has 0 aliphatic carbocycles. The Labute approximate surface area is 121 Å². The van der Waals surface area contributed by atoms with Crippen molar-refractivity contribution >= 4 is 28.5 Å². The molecule has 0 radical (unpaired) electrons. The molecule has 0 spiro atoms. The van der Waals surface area contributed by atoms with Crippen molar-refractivity contribution in [1.82, 2.24) is 15.5 Å². The number of carbonyl (C=O) groups excluding carboxylic acids is 1. The van der Waals surface area contributed by atoms with Gasteiger partial charge >= 0.3 is 12.0 Å². The van der Waals surface area contributed by atoms with Gasteiger partial charge in [-0.3, -0.25) is 10.1 Å². The van der Waals surface area contributed by atoms with Crippen molar-refractivity contribution < 1.29 is 14.7 Å². The number of nitrogens with zero attached hydrogens (tertiary/aromatic N) is 2. The smallest absolute Gasteiger partial charge is 0.321 e. The molecule has 0 aliphatic heterocycles. The summed E-state index contributed by atoms with van der Waals surface area (Å²) in [6.07, 6.45) is 1.22. The van der Waals surface area contributed by atoms with Crippen LogP contribution in [0.2, 0.25) is 0 Å². The molecule has 1 aromatic rings. The fourth-order valence-corrected chi connectivity index (χ4v) is 2.35. The highest BCUT2D eigenvalue weighted by molar-refractivity contribution is 7.15. The molecule has 3 N–H and O–H groups in total. The number of carboxylic acid groups (broad SMARTS) is 1. The Balaban J connectivity index is 2.31. The number of aromatic nitrogens is 2. The van der Waals surface area contributed by atoms with E-state index in [0.29, 0.717) is 24.0 Å². The largest absolute Gasteiger partial charge is 0.481 e. The third-order valence-corrected chi connectivity index (χ3v) is 3.42. The molecule has 0 saturated heterocycles. The molecule has 2 amide bonds. The molecule has 1 unspecified atom stereocenters. The average molecular weight is 300 g/mol. The lowest BCUT2D eigenvalue weighted by atomic mass is 10.1. The molecule has 0 fully saturated rings. The Kier molecular flexibility index (Phi) is 6.37. The lowest BCUT2D eigenvalue weighted by Gasteiger charge is -2.07. The monoisotopic (exact) mass is 300 g/mol. The van der Waals surface area contributed by atoms with Gasteiger partial charge in [0.2, 0.25) is 5.13 Å². The highest BCUT2D eigenvalue weighted by atomic mass is 32.1. The van der Waals surface area contributed by atoms with Crippen LogP contribution in [0.4, 0.5) is 9.93 Å². The summed E-state index contributed by atoms with van der Waals surface area (Å²) in [6.45, 7) is 6.08. The molecule has 1 aromatic heterocycles. The number of anilines is 1. The zero-order valence-electron chi connectivity index (χ0n) is 11.8. The van der Waals surface area contributed by atoms with Gasteiger partial charge in [0.1, 0.15) is 5.01 Å². The van der Waals surface area contributed by atoms with E-state index < -0.39 is 17.9 Å². The highest BCUT2D eigenvalue weighted by Crippen LogP contribution is 2.17. The van der Waals surface area contributed by atoms with Gasteiger partial charge in [-0.15, -0.1) is 10.2 Å². The minimum atomic E-state index is -0.866. The molecular weight excluding hydrogens is 280 g/mol. The summed E-state index contributed by atoms with van der Waals surface area (Å²) < 4.78 is 0. The average Bonchev–Trinajstić information content (AvgIpc) is 2.75. The Morgan fingerprint density at radius 1 is 1.30 bits per heavy atom. The molecule has 0 bridgehead atoms. The Morgan fingerprint density at radius 3 is 2.60 bits per heavy atom. The SMILES string of the molecule is CC(C)Cc1nnc(NC(=O)NCCC(C)C(=O)O)s1. The third-order valence-electron chi connectivity index (χ3n) is 2.55. The molecule has 112 valence electrons. The molecule has 8 heteroatoms. The number of amides is 2. The van der Waals surface area contributed by atoms with Gasteiger partial charge in [0.05, 0.1) is 5.92 Å². The summed E-state index contributed by atoms with van der Waals surface area (Å²) in [4.78, 5) is 22.2. The molecule has 0 aromatic carbocycles. The first-order valence-electron chi connectivity index (χ1n) is 6.48. The van der Waals surface area contributed by atoms with Gasteiger partial charge in [-0.05, 0) is 12.3 Å². The lowest BCUT2D eigenvalue weighted by molar-refractivity contribution is -0.141. The summed E-state index contributed by atoms with van der Waals surface area (Å²) in [5.41, 5.74) is 0. The number of carbonyl (C=O) groups is 2. The van der Waals surface area contributed by atoms with E-state index in [1.165, 1.54) is 11.3 Å². The van der Waals surface area contributed by atoms with Crippen LogP contribution in [-0.4, -0.2) is 33.8 Å². The van der Waals surface area contributed by atoms with Crippen molar-refractivity contribution in [2.24, 2.45) is 11.8 Å². The fourth-order valence-electron chi connectivity index (χ4n) is 1.40. The fraction of sp³-hybridized carbons (Fsp3) is 0.667. The Hall–Kier alpha value is -1.70. The summed E-state index contributed by atoms with van der Waals surface area (Å²) in [5, 5.41) is 23.1. The summed E-state index contributed by atoms with van der Waals surface area (Å²) in [5.74, 6) is -0.855. The molecule has 20 heavy (non-hydrogen) atoms. The van der Waals surface area contributed by atoms with Crippen LogP contribution >= 0.6 is 11.3 Å². The van der Waals surface area contributed by atoms with Gasteiger partial charge in [0, 0.05) is 13.0 Å². The molecule has 0 saturated carbocycles. The summed E-state index contributed by atoms with van der Waals surface area (Å²) >= 11 is 1.35. The first kappa shape index (κ1) is 16.4. The number of carboxylic acids is 1. The zero-order chi connectivity index (χ0) is 15.1. The molecule has 1 atom stereocenters. The van der Waals surface area contributed by atoms with Crippen LogP contribution < -0.4 is 10.6 Å². The van der Waals surface area contributed by atoms with E-state index in [1.54, 1.807) is 6.92 Å². The van der Waals surface area contributed by atoms with Gasteiger partial charge < -0.3 is 10.4 Å². The van der Waals surface area contributed by atoms with Crippen LogP contribution in [0.15, 0.2) is 0 Å². The minimum Gasteiger partial charge on any atom is -0.481 e. The predicted octanol–water partition coefficient (Wildman–Crippen LogP) is 1.97. The van der Waals surface area contributed by atoms with E-state index >= 15 is 0 Å². The van der Waals surface area contributed by atoms with Crippen LogP contribution in [0.3, 0.4) is 0 Å². The van der Waals surface area contributed by atoms with Crippen LogP contribution in [0, 0.1) is 11.8 Å². The van der Waals surface area contributed by atoms with Crippen molar-refractivity contribution in [3.63, 3.8) is 0 Å². The van der Waals surface area contributed by atoms with E-state index in [4.69, 9.17) is 5.11 Å². The second kappa shape index (κ2) is 7.78. The van der Waals surface area contributed by atoms with Gasteiger partial charge in [-0.25, -0.2) is 4.79 Å². The number of rotatable bonds is 7. The van der Waals surface area contributed by atoms with E-state index in [1.807, 2.05) is 0 Å². The second-order valence-electron chi connectivity index (χ2n) is 5.01. The maximum atomic E-state index is 11.6. The number of aliphatic carboxylic acids is 1. The third kappa shape index (κ3) is 5.96. The van der Waals surface area contributed by atoms with Gasteiger partial charge in [0.15, 0.2) is 0 Å². The maximum Gasteiger partial charge on any atom is 0.321 e. The zero-order valence-corrected chi connectivity index (χ0v) is 12.7. The first-order valence-corrected chi connectivity index (χ1v) is 7.30. The van der Waals surface area contributed by atoms with Crippen LogP contribution in [-0.2, 0) is 11.2 Å². The molecule has 7 nitrogen and oxygen atoms in total. The van der Waals surface area contributed by atoms with Crippen molar-refractivity contribution in [1.29, 1.82) is 0 Å². The summed E-state index contributed by atoms with van der Waals surface area (Å²) in [6, 6.07) is -0.394. The van der Waals surface area contributed by atoms with Gasteiger partial charge in [0.25, 0.3) is 0 Å². The predicted molar refractivity (Wildman–Crippen MR) is 76.9 cm³/mol. The van der Waals surface area contributed by atoms with Crippen LogP contribution in [0.5, 0.6) is 0 Å². The van der Waals surface area contributed by atoms with Crippen molar-refractivity contribution in [2.75, 3.05) is 11.9 Å². The lowest BCUT2D eigenvalue weighted by Crippen LogP contribution is -2.31. The van der Waals surface area contributed by atoms with E-state index in [9.17, 15) is 9.59 Å². The van der Waals surface area contributed by atoms with Gasteiger partial charge in [-0.1, -0.05) is 32.1 Å². The van der Waals surface area contributed by atoms with Crippen LogP contribution in [0.1, 0.15) is 32.2 Å². The summed E-state index contributed by atoms with van der Waals surface area (Å²) in [7, 11) is 0. The van der Waals surface area contributed by atoms with Crippen LogP contribution in [0.25, 0.3) is 0 Å². The standard InChI is InChI=1S/C12H20N4O3S/c1-7(2)6-9-15-16-12(20-9)14-11(19)13-5-4-8(3)10(17)18/h7-8H,4-6H2,1-3H3,(H,17,18)(H2,13,14,16,19). The number of hydrogen-bond donors (Lipinski definition) is 3. The van der Waals surface area contributed by atoms with E-state index in [0.717, 1.165) is 11.4 Å². The van der Waals surface area contributed by atoms with Crippen molar-refractivity contribution in [2.45, 2.75) is 33.6 Å². The minimum absolute atomic E-state index is 0.303. The maximum absolute atomic E-state index is 11.6. The first-order chi connectivity index (χ1) is 9.38. The molecule has 1 rings (SSSR count). The number of urea groups is 1. The number of nitrogens with one attached hydrogen (secondary N) is 2. The second-order valence-corrected chi connectivity index (χ2v) is 6.07. The van der Waals surface area contributed by atoms with E-state index in [-0.39, 0.29) is 0 Å². The van der Waals surface area contributed by atoms with Crippen molar-refractivity contribution in [3.05, 3.63) is 5.01 Å². The normalized spacial score (nSPS) is 12.2. The molecular formula is C12H20N4O3S. The molecule has 1 heterocycles.